The quantitative estimate of drug-likeness (QED) is 0.830. The molecule has 1 saturated heterocycles. The van der Waals surface area contributed by atoms with Crippen molar-refractivity contribution in [3.05, 3.63) is 65.5 Å². The van der Waals surface area contributed by atoms with Crippen molar-refractivity contribution in [2.75, 3.05) is 16.6 Å². The standard InChI is InChI=1S/C20H21FN2O4S/c1-20(2)13-28(26,27)23(19(20)25)16-8-5-7-15(12-16)18(24)22-11-10-14-6-3-4-9-17(14)21/h3-9,12H,10-11,13H2,1-2H3,(H,22,24). The summed E-state index contributed by atoms with van der Waals surface area (Å²) in [4.78, 5) is 24.9. The monoisotopic (exact) mass is 404 g/mol. The predicted molar refractivity (Wildman–Crippen MR) is 104 cm³/mol. The highest BCUT2D eigenvalue weighted by Crippen LogP contribution is 2.35. The number of halogens is 1. The van der Waals surface area contributed by atoms with Gasteiger partial charge in [-0.1, -0.05) is 24.3 Å². The molecule has 3 rings (SSSR count). The van der Waals surface area contributed by atoms with Gasteiger partial charge in [0.25, 0.3) is 5.91 Å². The van der Waals surface area contributed by atoms with E-state index in [1.165, 1.54) is 30.3 Å². The number of carbonyl (C=O) groups excluding carboxylic acids is 2. The summed E-state index contributed by atoms with van der Waals surface area (Å²) >= 11 is 0. The average Bonchev–Trinajstić information content (AvgIpc) is 2.79. The fraction of sp³-hybridized carbons (Fsp3) is 0.300. The van der Waals surface area contributed by atoms with Crippen molar-refractivity contribution in [3.63, 3.8) is 0 Å². The van der Waals surface area contributed by atoms with Crippen molar-refractivity contribution < 1.29 is 22.4 Å². The van der Waals surface area contributed by atoms with E-state index in [1.807, 2.05) is 0 Å². The van der Waals surface area contributed by atoms with Crippen LogP contribution in [0.15, 0.2) is 48.5 Å². The Morgan fingerprint density at radius 1 is 1.18 bits per heavy atom. The third-order valence-corrected chi connectivity index (χ3v) is 6.58. The highest BCUT2D eigenvalue weighted by Gasteiger charge is 2.49. The lowest BCUT2D eigenvalue weighted by molar-refractivity contribution is -0.123. The van der Waals surface area contributed by atoms with Gasteiger partial charge in [0.05, 0.1) is 16.9 Å². The lowest BCUT2D eigenvalue weighted by Gasteiger charge is -2.18. The van der Waals surface area contributed by atoms with Crippen molar-refractivity contribution in [1.29, 1.82) is 0 Å². The highest BCUT2D eigenvalue weighted by atomic mass is 32.2. The summed E-state index contributed by atoms with van der Waals surface area (Å²) in [6, 6.07) is 12.2. The van der Waals surface area contributed by atoms with Gasteiger partial charge in [-0.05, 0) is 50.1 Å². The van der Waals surface area contributed by atoms with Gasteiger partial charge in [0.15, 0.2) is 0 Å². The molecule has 1 aliphatic rings. The van der Waals surface area contributed by atoms with E-state index in [0.29, 0.717) is 12.0 Å². The topological polar surface area (TPSA) is 83.6 Å². The summed E-state index contributed by atoms with van der Waals surface area (Å²) in [5.41, 5.74) is -0.166. The number of rotatable bonds is 5. The van der Waals surface area contributed by atoms with E-state index in [-0.39, 0.29) is 29.4 Å². The van der Waals surface area contributed by atoms with Crippen LogP contribution in [-0.2, 0) is 21.2 Å². The molecule has 1 N–H and O–H groups in total. The Balaban J connectivity index is 1.74. The molecule has 1 fully saturated rings. The molecule has 2 aromatic rings. The molecule has 0 spiro atoms. The molecule has 2 aromatic carbocycles. The van der Waals surface area contributed by atoms with Crippen LogP contribution in [-0.4, -0.2) is 32.5 Å². The van der Waals surface area contributed by atoms with Crippen LogP contribution in [0.25, 0.3) is 0 Å². The number of anilines is 1. The first-order valence-electron chi connectivity index (χ1n) is 8.81. The number of hydrogen-bond donors (Lipinski definition) is 1. The molecule has 0 saturated carbocycles. The van der Waals surface area contributed by atoms with E-state index in [4.69, 9.17) is 0 Å². The first kappa shape index (κ1) is 20.0. The zero-order valence-corrected chi connectivity index (χ0v) is 16.4. The average molecular weight is 404 g/mol. The lowest BCUT2D eigenvalue weighted by atomic mass is 9.95. The number of amides is 2. The third-order valence-electron chi connectivity index (χ3n) is 4.57. The van der Waals surface area contributed by atoms with Gasteiger partial charge in [0, 0.05) is 12.1 Å². The summed E-state index contributed by atoms with van der Waals surface area (Å²) in [5.74, 6) is -1.57. The second kappa shape index (κ2) is 7.35. The van der Waals surface area contributed by atoms with Gasteiger partial charge in [-0.2, -0.15) is 0 Å². The molecular weight excluding hydrogens is 383 g/mol. The second-order valence-electron chi connectivity index (χ2n) is 7.36. The van der Waals surface area contributed by atoms with E-state index < -0.39 is 27.3 Å². The third kappa shape index (κ3) is 3.91. The van der Waals surface area contributed by atoms with Crippen molar-refractivity contribution in [3.8, 4) is 0 Å². The van der Waals surface area contributed by atoms with Gasteiger partial charge in [0.1, 0.15) is 5.82 Å². The van der Waals surface area contributed by atoms with Crippen LogP contribution in [0.4, 0.5) is 10.1 Å². The van der Waals surface area contributed by atoms with Crippen molar-refractivity contribution in [2.24, 2.45) is 5.41 Å². The Morgan fingerprint density at radius 2 is 1.89 bits per heavy atom. The van der Waals surface area contributed by atoms with E-state index in [9.17, 15) is 22.4 Å². The van der Waals surface area contributed by atoms with Crippen LogP contribution in [0.5, 0.6) is 0 Å². The summed E-state index contributed by atoms with van der Waals surface area (Å²) in [6.45, 7) is 3.37. The molecule has 6 nitrogen and oxygen atoms in total. The van der Waals surface area contributed by atoms with E-state index in [2.05, 4.69) is 5.32 Å². The Kier molecular flexibility index (Phi) is 5.25. The van der Waals surface area contributed by atoms with Gasteiger partial charge in [0.2, 0.25) is 15.9 Å². The molecule has 0 radical (unpaired) electrons. The van der Waals surface area contributed by atoms with Gasteiger partial charge in [-0.15, -0.1) is 0 Å². The fourth-order valence-electron chi connectivity index (χ4n) is 3.15. The number of benzene rings is 2. The normalized spacial score (nSPS) is 17.5. The minimum atomic E-state index is -3.79. The molecule has 0 bridgehead atoms. The molecular formula is C20H21FN2O4S. The van der Waals surface area contributed by atoms with Crippen LogP contribution in [0.3, 0.4) is 0 Å². The van der Waals surface area contributed by atoms with Crippen LogP contribution >= 0.6 is 0 Å². The van der Waals surface area contributed by atoms with Crippen molar-refractivity contribution >= 4 is 27.5 Å². The SMILES string of the molecule is CC1(C)CS(=O)(=O)N(c2cccc(C(=O)NCCc3ccccc3F)c2)C1=O. The number of sulfonamides is 1. The Bertz CT molecular complexity index is 1030. The maximum absolute atomic E-state index is 13.6. The van der Waals surface area contributed by atoms with Crippen molar-refractivity contribution in [1.82, 2.24) is 5.32 Å². The van der Waals surface area contributed by atoms with Gasteiger partial charge >= 0.3 is 0 Å². The van der Waals surface area contributed by atoms with Crippen LogP contribution in [0, 0.1) is 11.2 Å². The first-order chi connectivity index (χ1) is 13.1. The molecule has 2 amide bonds. The minimum absolute atomic E-state index is 0.136. The Labute approximate surface area is 163 Å². The zero-order valence-electron chi connectivity index (χ0n) is 15.6. The molecule has 1 heterocycles. The Hall–Kier alpha value is -2.74. The molecule has 1 aliphatic heterocycles. The second-order valence-corrected chi connectivity index (χ2v) is 9.17. The fourth-order valence-corrected chi connectivity index (χ4v) is 5.25. The summed E-state index contributed by atoms with van der Waals surface area (Å²) in [7, 11) is -3.79. The number of nitrogens with zero attached hydrogens (tertiary/aromatic N) is 1. The molecule has 0 aromatic heterocycles. The number of hydrogen-bond acceptors (Lipinski definition) is 4. The largest absolute Gasteiger partial charge is 0.352 e. The van der Waals surface area contributed by atoms with Crippen molar-refractivity contribution in [2.45, 2.75) is 20.3 Å². The maximum Gasteiger partial charge on any atom is 0.251 e. The van der Waals surface area contributed by atoms with E-state index in [1.54, 1.807) is 32.0 Å². The highest BCUT2D eigenvalue weighted by molar-refractivity contribution is 7.94. The van der Waals surface area contributed by atoms with E-state index in [0.717, 1.165) is 4.31 Å². The molecule has 8 heteroatoms. The van der Waals surface area contributed by atoms with E-state index >= 15 is 0 Å². The van der Waals surface area contributed by atoms with Crippen LogP contribution in [0.2, 0.25) is 0 Å². The lowest BCUT2D eigenvalue weighted by Crippen LogP contribution is -2.33. The predicted octanol–water partition coefficient (Wildman–Crippen LogP) is 2.50. The molecule has 0 atom stereocenters. The Morgan fingerprint density at radius 3 is 2.54 bits per heavy atom. The first-order valence-corrected chi connectivity index (χ1v) is 10.4. The number of nitrogens with one attached hydrogen (secondary N) is 1. The van der Waals surface area contributed by atoms with Crippen LogP contribution in [0.1, 0.15) is 29.8 Å². The zero-order chi connectivity index (χ0) is 20.5. The summed E-state index contributed by atoms with van der Waals surface area (Å²) in [5, 5.41) is 2.68. The molecule has 148 valence electrons. The van der Waals surface area contributed by atoms with Crippen LogP contribution < -0.4 is 9.62 Å². The molecule has 0 aliphatic carbocycles. The summed E-state index contributed by atoms with van der Waals surface area (Å²) in [6.07, 6.45) is 0.325. The minimum Gasteiger partial charge on any atom is -0.352 e. The molecule has 0 unspecified atom stereocenters. The van der Waals surface area contributed by atoms with Gasteiger partial charge in [-0.25, -0.2) is 17.1 Å². The van der Waals surface area contributed by atoms with Gasteiger partial charge in [-0.3, -0.25) is 9.59 Å². The van der Waals surface area contributed by atoms with Gasteiger partial charge < -0.3 is 5.32 Å². The molecule has 28 heavy (non-hydrogen) atoms. The number of carbonyl (C=O) groups is 2. The summed E-state index contributed by atoms with van der Waals surface area (Å²) < 4.78 is 39.2. The maximum atomic E-state index is 13.6. The smallest absolute Gasteiger partial charge is 0.251 e.